The molecular formula is C68H48N2O4. The summed E-state index contributed by atoms with van der Waals surface area (Å²) in [4.78, 5) is 4.72. The molecule has 0 saturated heterocycles. The SMILES string of the molecule is CC(C)c1ccc2c(oc3ccccc32)c1N(c1ccccc1)c1ccc2cc3c(cc2c1)oc1ccc2oc4cc5cc(N(c6ccccc6)c6c(C(C)C)ccc7c6oc6ccccc67)ccc5cc4c2c13. The predicted molar refractivity (Wildman–Crippen MR) is 308 cm³/mol. The molecule has 15 aromatic rings. The highest BCUT2D eigenvalue weighted by Gasteiger charge is 2.27. The normalized spacial score (nSPS) is 12.3. The van der Waals surface area contributed by atoms with E-state index in [1.807, 2.05) is 12.1 Å². The number of fused-ring (bicyclic) bond motifs is 15. The van der Waals surface area contributed by atoms with Gasteiger partial charge >= 0.3 is 0 Å². The Morgan fingerprint density at radius 3 is 1.14 bits per heavy atom. The van der Waals surface area contributed by atoms with Gasteiger partial charge in [0, 0.05) is 65.8 Å². The summed E-state index contributed by atoms with van der Waals surface area (Å²) >= 11 is 0. The van der Waals surface area contributed by atoms with Gasteiger partial charge in [-0.3, -0.25) is 0 Å². The van der Waals surface area contributed by atoms with E-state index in [0.717, 1.165) is 143 Å². The number of furan rings is 4. The van der Waals surface area contributed by atoms with E-state index in [9.17, 15) is 0 Å². The van der Waals surface area contributed by atoms with Crippen molar-refractivity contribution < 1.29 is 17.7 Å². The molecule has 0 unspecified atom stereocenters. The summed E-state index contributed by atoms with van der Waals surface area (Å²) < 4.78 is 27.2. The second kappa shape index (κ2) is 16.1. The average molecular weight is 957 g/mol. The lowest BCUT2D eigenvalue weighted by atomic mass is 9.96. The molecule has 0 saturated carbocycles. The van der Waals surface area contributed by atoms with Crippen LogP contribution in [0.25, 0.3) is 109 Å². The zero-order chi connectivity index (χ0) is 49.3. The fraction of sp³-hybridized carbons (Fsp3) is 0.0882. The van der Waals surface area contributed by atoms with Crippen molar-refractivity contribution in [2.45, 2.75) is 39.5 Å². The van der Waals surface area contributed by atoms with Crippen LogP contribution in [-0.4, -0.2) is 0 Å². The Morgan fingerprint density at radius 2 is 0.703 bits per heavy atom. The maximum atomic E-state index is 6.80. The first-order chi connectivity index (χ1) is 36.3. The van der Waals surface area contributed by atoms with E-state index in [4.69, 9.17) is 17.7 Å². The van der Waals surface area contributed by atoms with Crippen molar-refractivity contribution in [3.8, 4) is 0 Å². The largest absolute Gasteiger partial charge is 0.456 e. The molecule has 0 aliphatic rings. The molecule has 11 aromatic carbocycles. The Morgan fingerprint density at radius 1 is 0.284 bits per heavy atom. The number of hydrogen-bond acceptors (Lipinski definition) is 6. The standard InChI is InChI=1S/C68H48N2O4/c1-39(2)49-27-29-53-51-19-11-13-21-57(51)73-67(53)65(49)69(45-15-7-5-8-16-45)47-25-23-41-35-55-61(37-43(41)33-47)71-59-31-32-60-64(63(55)59)56-36-42-24-26-48(34-44(42)38-62(56)72-60)70(46-17-9-6-10-18-46)66-50(40(3)4)28-30-54-52-20-12-14-22-58(52)74-68(54)66/h5-40H,1-4H3. The van der Waals surface area contributed by atoms with Crippen LogP contribution in [0.1, 0.15) is 50.7 Å². The summed E-state index contributed by atoms with van der Waals surface area (Å²) in [5, 5.41) is 13.0. The van der Waals surface area contributed by atoms with E-state index < -0.39 is 0 Å². The predicted octanol–water partition coefficient (Wildman–Crippen LogP) is 20.8. The second-order valence-electron chi connectivity index (χ2n) is 20.4. The minimum Gasteiger partial charge on any atom is -0.456 e. The van der Waals surface area contributed by atoms with Gasteiger partial charge in [0.25, 0.3) is 0 Å². The van der Waals surface area contributed by atoms with Crippen LogP contribution in [0.2, 0.25) is 0 Å². The topological polar surface area (TPSA) is 59.0 Å². The van der Waals surface area contributed by atoms with Crippen molar-refractivity contribution in [1.82, 2.24) is 0 Å². The van der Waals surface area contributed by atoms with Gasteiger partial charge in [-0.25, -0.2) is 0 Å². The Bertz CT molecular complexity index is 4440. The van der Waals surface area contributed by atoms with Gasteiger partial charge in [-0.2, -0.15) is 0 Å². The molecule has 0 N–H and O–H groups in total. The van der Waals surface area contributed by atoms with Crippen molar-refractivity contribution in [3.63, 3.8) is 0 Å². The van der Waals surface area contributed by atoms with E-state index in [1.165, 1.54) is 11.1 Å². The van der Waals surface area contributed by atoms with Crippen LogP contribution >= 0.6 is 0 Å². The molecule has 0 atom stereocenters. The first-order valence-corrected chi connectivity index (χ1v) is 25.6. The highest BCUT2D eigenvalue weighted by molar-refractivity contribution is 6.28. The number of benzene rings is 11. The second-order valence-corrected chi connectivity index (χ2v) is 20.4. The monoisotopic (exact) mass is 956 g/mol. The van der Waals surface area contributed by atoms with Crippen LogP contribution in [0.4, 0.5) is 34.1 Å². The Labute approximate surface area is 425 Å². The van der Waals surface area contributed by atoms with Gasteiger partial charge in [0.15, 0.2) is 11.2 Å². The molecule has 0 bridgehead atoms. The summed E-state index contributed by atoms with van der Waals surface area (Å²) in [6.45, 7) is 9.01. The number of rotatable bonds is 8. The third kappa shape index (κ3) is 6.37. The first kappa shape index (κ1) is 42.4. The molecule has 4 aromatic heterocycles. The maximum Gasteiger partial charge on any atom is 0.159 e. The lowest BCUT2D eigenvalue weighted by Crippen LogP contribution is -2.13. The molecule has 15 rings (SSSR count). The number of nitrogens with zero attached hydrogens (tertiary/aromatic N) is 2. The molecule has 0 amide bonds. The fourth-order valence-electron chi connectivity index (χ4n) is 11.8. The quantitative estimate of drug-likeness (QED) is 0.151. The highest BCUT2D eigenvalue weighted by atomic mass is 16.3. The third-order valence-corrected chi connectivity index (χ3v) is 15.3. The maximum absolute atomic E-state index is 6.80. The number of anilines is 6. The van der Waals surface area contributed by atoms with Gasteiger partial charge in [-0.15, -0.1) is 0 Å². The molecule has 0 spiro atoms. The zero-order valence-corrected chi connectivity index (χ0v) is 41.3. The van der Waals surface area contributed by atoms with Gasteiger partial charge in [0.2, 0.25) is 0 Å². The van der Waals surface area contributed by atoms with Crippen LogP contribution in [0, 0.1) is 0 Å². The van der Waals surface area contributed by atoms with E-state index in [0.29, 0.717) is 0 Å². The van der Waals surface area contributed by atoms with Gasteiger partial charge < -0.3 is 27.5 Å². The average Bonchev–Trinajstić information content (AvgIpc) is 4.22. The van der Waals surface area contributed by atoms with Crippen molar-refractivity contribution in [1.29, 1.82) is 0 Å². The Balaban J connectivity index is 0.880. The molecule has 0 aliphatic heterocycles. The molecule has 0 fully saturated rings. The minimum absolute atomic E-state index is 0.244. The van der Waals surface area contributed by atoms with Gasteiger partial charge in [0.05, 0.1) is 11.4 Å². The van der Waals surface area contributed by atoms with E-state index in [-0.39, 0.29) is 11.8 Å². The smallest absolute Gasteiger partial charge is 0.159 e. The molecule has 6 heteroatoms. The van der Waals surface area contributed by atoms with Crippen LogP contribution < -0.4 is 9.80 Å². The molecule has 6 nitrogen and oxygen atoms in total. The molecule has 4 heterocycles. The van der Waals surface area contributed by atoms with E-state index in [2.05, 4.69) is 232 Å². The number of para-hydroxylation sites is 4. The van der Waals surface area contributed by atoms with Crippen LogP contribution in [0.3, 0.4) is 0 Å². The van der Waals surface area contributed by atoms with Crippen molar-refractivity contribution in [2.24, 2.45) is 0 Å². The van der Waals surface area contributed by atoms with Crippen LogP contribution in [0.15, 0.2) is 224 Å². The minimum atomic E-state index is 0.244. The zero-order valence-electron chi connectivity index (χ0n) is 41.3. The van der Waals surface area contributed by atoms with Gasteiger partial charge in [-0.1, -0.05) is 137 Å². The van der Waals surface area contributed by atoms with E-state index >= 15 is 0 Å². The summed E-state index contributed by atoms with van der Waals surface area (Å²) in [6.07, 6.45) is 0. The van der Waals surface area contributed by atoms with Crippen molar-refractivity contribution >= 4 is 143 Å². The summed E-state index contributed by atoms with van der Waals surface area (Å²) in [7, 11) is 0. The van der Waals surface area contributed by atoms with Crippen molar-refractivity contribution in [2.75, 3.05) is 9.80 Å². The molecule has 0 aliphatic carbocycles. The lowest BCUT2D eigenvalue weighted by Gasteiger charge is -2.29. The molecule has 354 valence electrons. The summed E-state index contributed by atoms with van der Waals surface area (Å²) in [5.74, 6) is 0.489. The number of hydrogen-bond donors (Lipinski definition) is 0. The molecule has 0 radical (unpaired) electrons. The fourth-order valence-corrected chi connectivity index (χ4v) is 11.8. The Hall–Kier alpha value is -9.26. The Kier molecular flexibility index (Phi) is 9.24. The summed E-state index contributed by atoms with van der Waals surface area (Å²) in [6, 6.07) is 73.4. The molecule has 74 heavy (non-hydrogen) atoms. The third-order valence-electron chi connectivity index (χ3n) is 15.3. The summed E-state index contributed by atoms with van der Waals surface area (Å²) in [5.41, 5.74) is 15.5. The molecular weight excluding hydrogens is 909 g/mol. The highest BCUT2D eigenvalue weighted by Crippen LogP contribution is 2.50. The lowest BCUT2D eigenvalue weighted by molar-refractivity contribution is 0.663. The van der Waals surface area contributed by atoms with Crippen molar-refractivity contribution in [3.05, 3.63) is 217 Å². The van der Waals surface area contributed by atoms with Gasteiger partial charge in [0.1, 0.15) is 33.5 Å². The van der Waals surface area contributed by atoms with Crippen LogP contribution in [-0.2, 0) is 0 Å². The van der Waals surface area contributed by atoms with E-state index in [1.54, 1.807) is 0 Å². The first-order valence-electron chi connectivity index (χ1n) is 25.6. The van der Waals surface area contributed by atoms with Crippen LogP contribution in [0.5, 0.6) is 0 Å². The van der Waals surface area contributed by atoms with Gasteiger partial charge in [-0.05, 0) is 142 Å².